The van der Waals surface area contributed by atoms with Crippen molar-refractivity contribution in [3.8, 4) is 6.01 Å². The van der Waals surface area contributed by atoms with Crippen LogP contribution in [-0.2, 0) is 16.1 Å². The Morgan fingerprint density at radius 2 is 2.00 bits per heavy atom. The van der Waals surface area contributed by atoms with Crippen LogP contribution in [0.5, 0.6) is 6.01 Å². The highest BCUT2D eigenvalue weighted by molar-refractivity contribution is 5.76. The van der Waals surface area contributed by atoms with E-state index in [1.165, 1.54) is 39.2 Å². The number of aryl methyl sites for hydroxylation is 1. The number of methoxy groups -OCH3 is 2. The highest BCUT2D eigenvalue weighted by Crippen LogP contribution is 2.38. The Hall–Kier alpha value is -1.69. The van der Waals surface area contributed by atoms with Crippen molar-refractivity contribution in [2.24, 2.45) is 11.8 Å². The lowest BCUT2D eigenvalue weighted by Gasteiger charge is -2.27. The Labute approximate surface area is 149 Å². The van der Waals surface area contributed by atoms with E-state index >= 15 is 0 Å². The van der Waals surface area contributed by atoms with Crippen molar-refractivity contribution < 1.29 is 14.3 Å². The van der Waals surface area contributed by atoms with Crippen LogP contribution in [0.4, 0.5) is 0 Å². The summed E-state index contributed by atoms with van der Waals surface area (Å²) in [6.45, 7) is 3.59. The lowest BCUT2D eigenvalue weighted by molar-refractivity contribution is -0.146. The number of nitrogens with zero attached hydrogens (tertiary/aromatic N) is 3. The van der Waals surface area contributed by atoms with Gasteiger partial charge in [0.1, 0.15) is 6.04 Å². The summed E-state index contributed by atoms with van der Waals surface area (Å²) in [5, 5.41) is 0. The zero-order valence-electron chi connectivity index (χ0n) is 15.5. The molecule has 1 saturated heterocycles. The summed E-state index contributed by atoms with van der Waals surface area (Å²) in [6.07, 6.45) is 9.34. The fourth-order valence-corrected chi connectivity index (χ4v) is 4.39. The van der Waals surface area contributed by atoms with Crippen LogP contribution < -0.4 is 4.74 Å². The predicted molar refractivity (Wildman–Crippen MR) is 94.2 cm³/mol. The molecule has 0 spiro atoms. The summed E-state index contributed by atoms with van der Waals surface area (Å²) < 4.78 is 10.2. The largest absolute Gasteiger partial charge is 0.468 e. The average molecular weight is 347 g/mol. The summed E-state index contributed by atoms with van der Waals surface area (Å²) in [5.74, 6) is 1.22. The molecule has 1 aliphatic carbocycles. The molecule has 2 fully saturated rings. The summed E-state index contributed by atoms with van der Waals surface area (Å²) in [5.41, 5.74) is 1.94. The number of likely N-dealkylation sites (tertiary alicyclic amines) is 1. The minimum atomic E-state index is -0.154. The van der Waals surface area contributed by atoms with Gasteiger partial charge in [0.2, 0.25) is 0 Å². The molecule has 2 heterocycles. The quantitative estimate of drug-likeness (QED) is 0.763. The second kappa shape index (κ2) is 8.13. The zero-order chi connectivity index (χ0) is 17.8. The highest BCUT2D eigenvalue weighted by Gasteiger charge is 2.40. The molecule has 1 aromatic rings. The van der Waals surface area contributed by atoms with E-state index in [0.717, 1.165) is 30.1 Å². The summed E-state index contributed by atoms with van der Waals surface area (Å²) in [4.78, 5) is 23.1. The maximum atomic E-state index is 12.3. The highest BCUT2D eigenvalue weighted by atomic mass is 16.5. The van der Waals surface area contributed by atoms with Crippen molar-refractivity contribution in [3.05, 3.63) is 17.5 Å². The Morgan fingerprint density at radius 1 is 1.24 bits per heavy atom. The van der Waals surface area contributed by atoms with Crippen LogP contribution >= 0.6 is 0 Å². The monoisotopic (exact) mass is 347 g/mol. The van der Waals surface area contributed by atoms with Gasteiger partial charge in [-0.15, -0.1) is 0 Å². The molecule has 138 valence electrons. The molecule has 0 aromatic carbocycles. The second-order valence-electron chi connectivity index (χ2n) is 7.33. The number of ether oxygens (including phenoxy) is 2. The van der Waals surface area contributed by atoms with Gasteiger partial charge in [-0.2, -0.15) is 0 Å². The molecule has 2 aliphatic rings. The van der Waals surface area contributed by atoms with E-state index in [4.69, 9.17) is 9.47 Å². The number of hydrogen-bond acceptors (Lipinski definition) is 6. The lowest BCUT2D eigenvalue weighted by atomic mass is 9.79. The molecule has 2 atom stereocenters. The molecular formula is C19H29N3O3. The first-order valence-corrected chi connectivity index (χ1v) is 9.30. The average Bonchev–Trinajstić information content (AvgIpc) is 3.07. The summed E-state index contributed by atoms with van der Waals surface area (Å²) >= 11 is 0. The molecule has 6 nitrogen and oxygen atoms in total. The van der Waals surface area contributed by atoms with Gasteiger partial charge in [0.15, 0.2) is 0 Å². The molecule has 6 heteroatoms. The third-order valence-corrected chi connectivity index (χ3v) is 5.84. The van der Waals surface area contributed by atoms with Gasteiger partial charge in [0.05, 0.1) is 14.2 Å². The van der Waals surface area contributed by atoms with Crippen molar-refractivity contribution in [2.75, 3.05) is 20.8 Å². The lowest BCUT2D eigenvalue weighted by Crippen LogP contribution is -2.36. The van der Waals surface area contributed by atoms with E-state index in [1.54, 1.807) is 7.11 Å². The van der Waals surface area contributed by atoms with Crippen molar-refractivity contribution in [3.63, 3.8) is 0 Å². The molecular weight excluding hydrogens is 318 g/mol. The van der Waals surface area contributed by atoms with Gasteiger partial charge in [-0.25, -0.2) is 9.97 Å². The van der Waals surface area contributed by atoms with E-state index in [1.807, 2.05) is 13.1 Å². The first kappa shape index (κ1) is 18.1. The van der Waals surface area contributed by atoms with Crippen molar-refractivity contribution >= 4 is 5.97 Å². The van der Waals surface area contributed by atoms with Gasteiger partial charge in [-0.05, 0) is 25.2 Å². The van der Waals surface area contributed by atoms with Gasteiger partial charge in [-0.3, -0.25) is 9.69 Å². The first-order valence-electron chi connectivity index (χ1n) is 9.30. The van der Waals surface area contributed by atoms with Crippen LogP contribution in [0.2, 0.25) is 0 Å². The normalized spacial score (nSPS) is 25.1. The molecule has 1 aliphatic heterocycles. The van der Waals surface area contributed by atoms with Gasteiger partial charge in [0, 0.05) is 30.5 Å². The summed E-state index contributed by atoms with van der Waals surface area (Å²) in [7, 11) is 3.05. The number of carbonyl (C=O) groups is 1. The van der Waals surface area contributed by atoms with Gasteiger partial charge in [0.25, 0.3) is 0 Å². The van der Waals surface area contributed by atoms with Crippen LogP contribution in [0.25, 0.3) is 0 Å². The maximum absolute atomic E-state index is 12.3. The Morgan fingerprint density at radius 3 is 2.64 bits per heavy atom. The fraction of sp³-hybridized carbons (Fsp3) is 0.737. The molecule has 0 radical (unpaired) electrons. The van der Waals surface area contributed by atoms with Crippen molar-refractivity contribution in [1.82, 2.24) is 14.9 Å². The molecule has 0 N–H and O–H groups in total. The van der Waals surface area contributed by atoms with Crippen molar-refractivity contribution in [2.45, 2.75) is 58.0 Å². The number of carbonyl (C=O) groups excluding carboxylic acids is 1. The Bertz CT molecular complexity index is 602. The molecule has 2 unspecified atom stereocenters. The van der Waals surface area contributed by atoms with Crippen LogP contribution in [-0.4, -0.2) is 47.6 Å². The first-order chi connectivity index (χ1) is 12.1. The van der Waals surface area contributed by atoms with E-state index in [9.17, 15) is 4.79 Å². The standard InChI is InChI=1S/C19H29N3O3/c1-13-16(10-20-19(21-13)25-3)12-22-11-15(9-17(22)18(23)24-2)14-7-5-4-6-8-14/h10,14-15,17H,4-9,11-12H2,1-3H3. The molecule has 0 amide bonds. The number of esters is 1. The van der Waals surface area contributed by atoms with E-state index < -0.39 is 0 Å². The van der Waals surface area contributed by atoms with E-state index in [-0.39, 0.29) is 12.0 Å². The molecule has 1 saturated carbocycles. The van der Waals surface area contributed by atoms with Gasteiger partial charge < -0.3 is 9.47 Å². The molecule has 0 bridgehead atoms. The molecule has 25 heavy (non-hydrogen) atoms. The predicted octanol–water partition coefficient (Wildman–Crippen LogP) is 2.74. The van der Waals surface area contributed by atoms with Crippen LogP contribution in [0.3, 0.4) is 0 Å². The minimum Gasteiger partial charge on any atom is -0.468 e. The summed E-state index contributed by atoms with van der Waals surface area (Å²) in [6, 6.07) is 0.228. The number of aromatic nitrogens is 2. The molecule has 1 aromatic heterocycles. The Balaban J connectivity index is 1.73. The zero-order valence-corrected chi connectivity index (χ0v) is 15.5. The van der Waals surface area contributed by atoms with Crippen LogP contribution in [0.15, 0.2) is 6.20 Å². The third kappa shape index (κ3) is 4.11. The SMILES string of the molecule is COC(=O)C1CC(C2CCCCC2)CN1Cc1cnc(OC)nc1C. The second-order valence-corrected chi connectivity index (χ2v) is 7.33. The maximum Gasteiger partial charge on any atom is 0.323 e. The minimum absolute atomic E-state index is 0.120. The van der Waals surface area contributed by atoms with Gasteiger partial charge >= 0.3 is 12.0 Å². The fourth-order valence-electron chi connectivity index (χ4n) is 4.39. The number of hydrogen-bond donors (Lipinski definition) is 0. The smallest absolute Gasteiger partial charge is 0.323 e. The van der Waals surface area contributed by atoms with Crippen LogP contribution in [0.1, 0.15) is 49.8 Å². The van der Waals surface area contributed by atoms with E-state index in [2.05, 4.69) is 14.9 Å². The third-order valence-electron chi connectivity index (χ3n) is 5.84. The topological polar surface area (TPSA) is 64.5 Å². The number of rotatable bonds is 5. The Kier molecular flexibility index (Phi) is 5.89. The van der Waals surface area contributed by atoms with Gasteiger partial charge in [-0.1, -0.05) is 32.1 Å². The molecule has 3 rings (SSSR count). The van der Waals surface area contributed by atoms with Crippen molar-refractivity contribution in [1.29, 1.82) is 0 Å². The van der Waals surface area contributed by atoms with E-state index in [0.29, 0.717) is 18.5 Å². The van der Waals surface area contributed by atoms with Crippen LogP contribution in [0, 0.1) is 18.8 Å².